The Balaban J connectivity index is 2.14. The number of carbonyl (C=O) groups is 3. The van der Waals surface area contributed by atoms with Gasteiger partial charge < -0.3 is 30.3 Å². The second-order valence-corrected chi connectivity index (χ2v) is 7.02. The molecule has 0 saturated carbocycles. The first-order valence-corrected chi connectivity index (χ1v) is 9.72. The van der Waals surface area contributed by atoms with Crippen molar-refractivity contribution in [2.45, 2.75) is 13.1 Å². The van der Waals surface area contributed by atoms with E-state index in [-0.39, 0.29) is 37.4 Å². The van der Waals surface area contributed by atoms with Crippen LogP contribution in [-0.4, -0.2) is 64.3 Å². The van der Waals surface area contributed by atoms with E-state index >= 15 is 0 Å². The lowest BCUT2D eigenvalue weighted by atomic mass is 10.2. The van der Waals surface area contributed by atoms with Crippen LogP contribution in [0.25, 0.3) is 0 Å². The van der Waals surface area contributed by atoms with E-state index in [9.17, 15) is 24.3 Å². The largest absolute Gasteiger partial charge is 0.465 e. The Kier molecular flexibility index (Phi) is 8.59. The van der Waals surface area contributed by atoms with Crippen LogP contribution in [0.2, 0.25) is 5.02 Å². The van der Waals surface area contributed by atoms with Gasteiger partial charge in [0.15, 0.2) is 0 Å². The number of likely N-dealkylation sites (N-methyl/N-ethyl adjacent to an activating group) is 1. The summed E-state index contributed by atoms with van der Waals surface area (Å²) in [7, 11) is 1.35. The van der Waals surface area contributed by atoms with E-state index in [0.717, 1.165) is 15.0 Å². The van der Waals surface area contributed by atoms with Crippen LogP contribution in [0.5, 0.6) is 0 Å². The van der Waals surface area contributed by atoms with E-state index in [1.807, 2.05) is 0 Å². The minimum absolute atomic E-state index is 0.0261. The molecule has 0 aliphatic carbocycles. The Bertz CT molecular complexity index is 1010. The first kappa shape index (κ1) is 23.9. The van der Waals surface area contributed by atoms with Gasteiger partial charge in [-0.25, -0.2) is 4.79 Å². The molecule has 31 heavy (non-hydrogen) atoms. The number of carboxylic acid groups (broad SMARTS) is 1. The van der Waals surface area contributed by atoms with Crippen LogP contribution in [0.4, 0.5) is 4.79 Å². The summed E-state index contributed by atoms with van der Waals surface area (Å²) in [5.41, 5.74) is -0.162. The average molecular weight is 451 g/mol. The maximum Gasteiger partial charge on any atom is 0.407 e. The molecule has 1 aromatic heterocycles. The van der Waals surface area contributed by atoms with Crippen LogP contribution in [0.15, 0.2) is 41.2 Å². The molecule has 0 bridgehead atoms. The minimum atomic E-state index is -1.14. The summed E-state index contributed by atoms with van der Waals surface area (Å²) < 4.78 is 1.01. The molecule has 3 amide bonds. The predicted molar refractivity (Wildman–Crippen MR) is 113 cm³/mol. The number of aliphatic hydroxyl groups is 1. The van der Waals surface area contributed by atoms with Crippen molar-refractivity contribution < 1.29 is 24.6 Å². The Morgan fingerprint density at radius 1 is 1.06 bits per heavy atom. The van der Waals surface area contributed by atoms with Crippen LogP contribution in [-0.2, 0) is 13.1 Å². The van der Waals surface area contributed by atoms with Gasteiger partial charge in [-0.1, -0.05) is 23.7 Å². The molecule has 1 aromatic carbocycles. The quantitative estimate of drug-likeness (QED) is 0.444. The summed E-state index contributed by atoms with van der Waals surface area (Å²) in [5.74, 6) is -1.25. The number of rotatable bonds is 9. The van der Waals surface area contributed by atoms with Gasteiger partial charge in [0.1, 0.15) is 11.3 Å². The molecule has 166 valence electrons. The Hall–Kier alpha value is -3.37. The highest BCUT2D eigenvalue weighted by molar-refractivity contribution is 6.30. The number of carbonyl (C=O) groups excluding carboxylic acids is 2. The maximum atomic E-state index is 12.8. The Morgan fingerprint density at radius 3 is 2.35 bits per heavy atom. The number of benzene rings is 1. The van der Waals surface area contributed by atoms with E-state index in [1.165, 1.54) is 19.2 Å². The lowest BCUT2D eigenvalue weighted by Gasteiger charge is -2.16. The fourth-order valence-corrected chi connectivity index (χ4v) is 2.80. The van der Waals surface area contributed by atoms with Gasteiger partial charge in [-0.15, -0.1) is 0 Å². The summed E-state index contributed by atoms with van der Waals surface area (Å²) in [6.45, 7) is -0.351. The normalized spacial score (nSPS) is 10.4. The molecule has 1 heterocycles. The number of nitrogens with zero attached hydrogens (tertiary/aromatic N) is 2. The monoisotopic (exact) mass is 450 g/mol. The zero-order valence-electron chi connectivity index (χ0n) is 16.8. The number of halogens is 1. The number of pyridine rings is 1. The molecular weight excluding hydrogens is 428 g/mol. The number of hydrogen-bond donors (Lipinski definition) is 4. The van der Waals surface area contributed by atoms with Crippen LogP contribution >= 0.6 is 11.6 Å². The number of nitrogens with one attached hydrogen (secondary N) is 2. The molecule has 11 heteroatoms. The van der Waals surface area contributed by atoms with Crippen LogP contribution in [0, 0.1) is 0 Å². The molecule has 0 unspecified atom stereocenters. The van der Waals surface area contributed by atoms with Crippen molar-refractivity contribution in [2.75, 3.05) is 26.7 Å². The van der Waals surface area contributed by atoms with Gasteiger partial charge in [-0.2, -0.15) is 0 Å². The predicted octanol–water partition coefficient (Wildman–Crippen LogP) is 0.764. The molecule has 0 atom stereocenters. The first-order chi connectivity index (χ1) is 14.7. The van der Waals surface area contributed by atoms with Gasteiger partial charge in [0.2, 0.25) is 0 Å². The fourth-order valence-electron chi connectivity index (χ4n) is 2.67. The third kappa shape index (κ3) is 6.56. The van der Waals surface area contributed by atoms with Crippen LogP contribution in [0.3, 0.4) is 0 Å². The topological polar surface area (TPSA) is 141 Å². The second kappa shape index (κ2) is 11.1. The van der Waals surface area contributed by atoms with Crippen molar-refractivity contribution in [1.29, 1.82) is 0 Å². The van der Waals surface area contributed by atoms with E-state index in [2.05, 4.69) is 10.6 Å². The summed E-state index contributed by atoms with van der Waals surface area (Å²) >= 11 is 5.83. The summed E-state index contributed by atoms with van der Waals surface area (Å²) in [6, 6.07) is 9.39. The average Bonchev–Trinajstić information content (AvgIpc) is 2.74. The van der Waals surface area contributed by atoms with Crippen molar-refractivity contribution >= 4 is 29.5 Å². The van der Waals surface area contributed by atoms with E-state index in [1.54, 1.807) is 24.3 Å². The number of aliphatic hydroxyl groups excluding tert-OH is 1. The van der Waals surface area contributed by atoms with Crippen molar-refractivity contribution in [3.63, 3.8) is 0 Å². The molecule has 0 aliphatic rings. The van der Waals surface area contributed by atoms with Crippen molar-refractivity contribution in [1.82, 2.24) is 20.1 Å². The SMILES string of the molecule is CN(CCNC(=O)c1ccc(C(=O)NCc2ccc(Cl)cc2)c(=O)n1CCO)C(=O)O. The van der Waals surface area contributed by atoms with Gasteiger partial charge in [0.25, 0.3) is 17.4 Å². The highest BCUT2D eigenvalue weighted by atomic mass is 35.5. The minimum Gasteiger partial charge on any atom is -0.465 e. The van der Waals surface area contributed by atoms with E-state index in [0.29, 0.717) is 5.02 Å². The van der Waals surface area contributed by atoms with Gasteiger partial charge in [0.05, 0.1) is 6.61 Å². The van der Waals surface area contributed by atoms with Crippen molar-refractivity contribution in [2.24, 2.45) is 0 Å². The van der Waals surface area contributed by atoms with Crippen molar-refractivity contribution in [3.05, 3.63) is 68.6 Å². The summed E-state index contributed by atoms with van der Waals surface area (Å²) in [5, 5.41) is 23.8. The molecular formula is C20H23ClN4O6. The lowest BCUT2D eigenvalue weighted by Crippen LogP contribution is -2.40. The lowest BCUT2D eigenvalue weighted by molar-refractivity contribution is 0.0925. The van der Waals surface area contributed by atoms with Gasteiger partial charge >= 0.3 is 6.09 Å². The first-order valence-electron chi connectivity index (χ1n) is 9.34. The third-order valence-electron chi connectivity index (χ3n) is 4.40. The standard InChI is InChI=1S/C20H23ClN4O6/c1-24(20(30)31)9-8-22-18(28)16-7-6-15(19(29)25(16)10-11-26)17(27)23-12-13-2-4-14(21)5-3-13/h2-7,26H,8-12H2,1H3,(H,22,28)(H,23,27)(H,30,31). The second-order valence-electron chi connectivity index (χ2n) is 6.58. The Labute approximate surface area is 183 Å². The molecule has 0 saturated heterocycles. The molecule has 0 aliphatic heterocycles. The highest BCUT2D eigenvalue weighted by Gasteiger charge is 2.18. The van der Waals surface area contributed by atoms with E-state index < -0.39 is 30.1 Å². The van der Waals surface area contributed by atoms with Gasteiger partial charge in [-0.3, -0.25) is 14.4 Å². The number of amides is 3. The number of aromatic nitrogens is 1. The highest BCUT2D eigenvalue weighted by Crippen LogP contribution is 2.09. The summed E-state index contributed by atoms with van der Waals surface area (Å²) in [6.07, 6.45) is -1.14. The zero-order valence-corrected chi connectivity index (χ0v) is 17.6. The molecule has 0 fully saturated rings. The molecule has 0 spiro atoms. The maximum absolute atomic E-state index is 12.8. The van der Waals surface area contributed by atoms with Gasteiger partial charge in [0, 0.05) is 38.2 Å². The smallest absolute Gasteiger partial charge is 0.407 e. The summed E-state index contributed by atoms with van der Waals surface area (Å²) in [4.78, 5) is 49.5. The molecule has 2 rings (SSSR count). The molecule has 10 nitrogen and oxygen atoms in total. The molecule has 0 radical (unpaired) electrons. The van der Waals surface area contributed by atoms with Crippen molar-refractivity contribution in [3.8, 4) is 0 Å². The number of hydrogen-bond acceptors (Lipinski definition) is 5. The molecule has 4 N–H and O–H groups in total. The van der Waals surface area contributed by atoms with E-state index in [4.69, 9.17) is 16.7 Å². The zero-order chi connectivity index (χ0) is 23.0. The molecule has 2 aromatic rings. The van der Waals surface area contributed by atoms with Crippen LogP contribution in [0.1, 0.15) is 26.4 Å². The fraction of sp³-hybridized carbons (Fsp3) is 0.300. The van der Waals surface area contributed by atoms with Gasteiger partial charge in [-0.05, 0) is 29.8 Å². The Morgan fingerprint density at radius 2 is 1.74 bits per heavy atom. The van der Waals surface area contributed by atoms with Crippen LogP contribution < -0.4 is 16.2 Å². The third-order valence-corrected chi connectivity index (χ3v) is 4.65.